The number of hydrogen-bond acceptors (Lipinski definition) is 2. The van der Waals surface area contributed by atoms with E-state index >= 15 is 0 Å². The second kappa shape index (κ2) is 10.1. The Labute approximate surface area is 86.3 Å². The fourth-order valence-corrected chi connectivity index (χ4v) is 0.852. The molecule has 0 heterocycles. The Morgan fingerprint density at radius 3 is 2.07 bits per heavy atom. The van der Waals surface area contributed by atoms with E-state index in [0.717, 1.165) is 19.3 Å². The van der Waals surface area contributed by atoms with E-state index in [1.165, 1.54) is 0 Å². The van der Waals surface area contributed by atoms with Crippen LogP contribution in [0.4, 0.5) is 0 Å². The highest BCUT2D eigenvalue weighted by atomic mass is 16.5. The second-order valence-electron chi connectivity index (χ2n) is 3.08. The maximum Gasteiger partial charge on any atom is 0.151 e. The van der Waals surface area contributed by atoms with Crippen LogP contribution in [0, 0.1) is 23.7 Å². The molecule has 0 radical (unpaired) electrons. The standard InChI is InChI=1S/C12H18O2/c1-2-3-4-5-6-7-8-9-10-11-12(13)14/h12-14H,2-4,9-11H2,1H3. The highest BCUT2D eigenvalue weighted by molar-refractivity contribution is 5.25. The normalized spacial score (nSPS) is 8.86. The summed E-state index contributed by atoms with van der Waals surface area (Å²) in [5.74, 6) is 11.4. The van der Waals surface area contributed by atoms with E-state index in [9.17, 15) is 0 Å². The number of unbranched alkanes of at least 4 members (excludes halogenated alkanes) is 3. The third-order valence-corrected chi connectivity index (χ3v) is 1.66. The Kier molecular flexibility index (Phi) is 9.43. The molecule has 78 valence electrons. The first-order chi connectivity index (χ1) is 6.77. The van der Waals surface area contributed by atoms with E-state index in [1.54, 1.807) is 0 Å². The maximum atomic E-state index is 8.53. The molecule has 0 amide bonds. The van der Waals surface area contributed by atoms with Crippen molar-refractivity contribution in [2.75, 3.05) is 0 Å². The fraction of sp³-hybridized carbons (Fsp3) is 0.667. The Morgan fingerprint density at radius 1 is 1.00 bits per heavy atom. The lowest BCUT2D eigenvalue weighted by Gasteiger charge is -1.97. The lowest BCUT2D eigenvalue weighted by molar-refractivity contribution is -0.0459. The van der Waals surface area contributed by atoms with E-state index in [0.29, 0.717) is 19.3 Å². The first-order valence-electron chi connectivity index (χ1n) is 5.09. The third kappa shape index (κ3) is 11.0. The molecule has 0 aliphatic carbocycles. The summed E-state index contributed by atoms with van der Waals surface area (Å²) >= 11 is 0. The van der Waals surface area contributed by atoms with Gasteiger partial charge in [0.25, 0.3) is 0 Å². The number of hydrogen-bond donors (Lipinski definition) is 2. The van der Waals surface area contributed by atoms with Crippen molar-refractivity contribution in [3.05, 3.63) is 0 Å². The highest BCUT2D eigenvalue weighted by Crippen LogP contribution is 1.96. The molecule has 0 saturated carbocycles. The van der Waals surface area contributed by atoms with Gasteiger partial charge in [-0.2, -0.15) is 0 Å². The van der Waals surface area contributed by atoms with E-state index in [4.69, 9.17) is 10.2 Å². The molecule has 0 unspecified atom stereocenters. The lowest BCUT2D eigenvalue weighted by Crippen LogP contribution is -2.02. The van der Waals surface area contributed by atoms with Crippen molar-refractivity contribution in [2.45, 2.75) is 51.7 Å². The second-order valence-corrected chi connectivity index (χ2v) is 3.08. The predicted molar refractivity (Wildman–Crippen MR) is 57.2 cm³/mol. The minimum atomic E-state index is -1.20. The van der Waals surface area contributed by atoms with Gasteiger partial charge in [0.15, 0.2) is 6.29 Å². The quantitative estimate of drug-likeness (QED) is 0.397. The fourth-order valence-electron chi connectivity index (χ4n) is 0.852. The average molecular weight is 194 g/mol. The molecule has 0 spiro atoms. The van der Waals surface area contributed by atoms with E-state index in [1.807, 2.05) is 0 Å². The van der Waals surface area contributed by atoms with Gasteiger partial charge in [-0.25, -0.2) is 0 Å². The number of aliphatic hydroxyl groups is 2. The molecule has 0 fully saturated rings. The molecular weight excluding hydrogens is 176 g/mol. The van der Waals surface area contributed by atoms with Gasteiger partial charge in [-0.1, -0.05) is 25.2 Å². The number of rotatable bonds is 5. The molecule has 2 heteroatoms. The molecule has 2 nitrogen and oxygen atoms in total. The summed E-state index contributed by atoms with van der Waals surface area (Å²) in [7, 11) is 0. The molecule has 0 atom stereocenters. The van der Waals surface area contributed by atoms with Gasteiger partial charge < -0.3 is 10.2 Å². The van der Waals surface area contributed by atoms with Gasteiger partial charge in [-0.05, 0) is 31.1 Å². The number of aliphatic hydroxyl groups excluding tert-OH is 1. The summed E-state index contributed by atoms with van der Waals surface area (Å²) in [6.07, 6.45) is 3.79. The van der Waals surface area contributed by atoms with E-state index in [2.05, 4.69) is 30.6 Å². The van der Waals surface area contributed by atoms with E-state index < -0.39 is 6.29 Å². The van der Waals surface area contributed by atoms with Crippen LogP contribution in [0.1, 0.15) is 45.4 Å². The van der Waals surface area contributed by atoms with Crippen molar-refractivity contribution in [2.24, 2.45) is 0 Å². The largest absolute Gasteiger partial charge is 0.368 e. The minimum absolute atomic E-state index is 0.387. The average Bonchev–Trinajstić information content (AvgIpc) is 2.15. The van der Waals surface area contributed by atoms with Crippen LogP contribution in [-0.2, 0) is 0 Å². The van der Waals surface area contributed by atoms with E-state index in [-0.39, 0.29) is 0 Å². The zero-order valence-corrected chi connectivity index (χ0v) is 8.71. The van der Waals surface area contributed by atoms with Crippen molar-refractivity contribution in [3.8, 4) is 23.7 Å². The zero-order chi connectivity index (χ0) is 10.6. The SMILES string of the molecule is CCCCC#CC#CCCCC(O)O. The first kappa shape index (κ1) is 13.0. The Hall–Kier alpha value is -0.960. The van der Waals surface area contributed by atoms with Crippen LogP contribution in [-0.4, -0.2) is 16.5 Å². The van der Waals surface area contributed by atoms with Gasteiger partial charge in [0, 0.05) is 12.8 Å². The van der Waals surface area contributed by atoms with Crippen molar-refractivity contribution in [3.63, 3.8) is 0 Å². The highest BCUT2D eigenvalue weighted by Gasteiger charge is 1.93. The van der Waals surface area contributed by atoms with Crippen molar-refractivity contribution < 1.29 is 10.2 Å². The zero-order valence-electron chi connectivity index (χ0n) is 8.71. The summed E-state index contributed by atoms with van der Waals surface area (Å²) in [6, 6.07) is 0. The maximum absolute atomic E-state index is 8.53. The summed E-state index contributed by atoms with van der Waals surface area (Å²) in [5, 5.41) is 17.1. The lowest BCUT2D eigenvalue weighted by atomic mass is 10.2. The predicted octanol–water partition coefficient (Wildman–Crippen LogP) is 1.66. The summed E-state index contributed by atoms with van der Waals surface area (Å²) in [4.78, 5) is 0. The van der Waals surface area contributed by atoms with Gasteiger partial charge in [-0.3, -0.25) is 0 Å². The summed E-state index contributed by atoms with van der Waals surface area (Å²) in [5.41, 5.74) is 0. The van der Waals surface area contributed by atoms with Crippen LogP contribution in [0.25, 0.3) is 0 Å². The molecular formula is C12H18O2. The van der Waals surface area contributed by atoms with Crippen LogP contribution in [0.5, 0.6) is 0 Å². The van der Waals surface area contributed by atoms with Crippen LogP contribution < -0.4 is 0 Å². The molecule has 14 heavy (non-hydrogen) atoms. The van der Waals surface area contributed by atoms with Gasteiger partial charge >= 0.3 is 0 Å². The van der Waals surface area contributed by atoms with Gasteiger partial charge in [-0.15, -0.1) is 0 Å². The van der Waals surface area contributed by atoms with Crippen LogP contribution in [0.3, 0.4) is 0 Å². The third-order valence-electron chi connectivity index (χ3n) is 1.66. The van der Waals surface area contributed by atoms with Crippen LogP contribution in [0.2, 0.25) is 0 Å². The van der Waals surface area contributed by atoms with Crippen molar-refractivity contribution in [1.82, 2.24) is 0 Å². The molecule has 0 rings (SSSR count). The molecule has 2 N–H and O–H groups in total. The van der Waals surface area contributed by atoms with Gasteiger partial charge in [0.2, 0.25) is 0 Å². The smallest absolute Gasteiger partial charge is 0.151 e. The Bertz CT molecular complexity index is 235. The Balaban J connectivity index is 3.37. The van der Waals surface area contributed by atoms with Crippen molar-refractivity contribution >= 4 is 0 Å². The van der Waals surface area contributed by atoms with Gasteiger partial charge in [0.05, 0.1) is 0 Å². The molecule has 0 aromatic rings. The van der Waals surface area contributed by atoms with Crippen LogP contribution >= 0.6 is 0 Å². The molecule has 0 aliphatic rings. The molecule has 0 aromatic heterocycles. The topological polar surface area (TPSA) is 40.5 Å². The molecule has 0 aromatic carbocycles. The molecule has 0 saturated heterocycles. The minimum Gasteiger partial charge on any atom is -0.368 e. The molecule has 0 aliphatic heterocycles. The molecule has 0 bridgehead atoms. The monoisotopic (exact) mass is 194 g/mol. The van der Waals surface area contributed by atoms with Gasteiger partial charge in [0.1, 0.15) is 0 Å². The summed E-state index contributed by atoms with van der Waals surface area (Å²) < 4.78 is 0. The van der Waals surface area contributed by atoms with Crippen molar-refractivity contribution in [1.29, 1.82) is 0 Å². The summed E-state index contributed by atoms with van der Waals surface area (Å²) in [6.45, 7) is 2.13. The Morgan fingerprint density at radius 2 is 1.57 bits per heavy atom. The van der Waals surface area contributed by atoms with Crippen LogP contribution in [0.15, 0.2) is 0 Å². The first-order valence-corrected chi connectivity index (χ1v) is 5.09.